The average molecular weight is 599 g/mol. The van der Waals surface area contributed by atoms with E-state index in [2.05, 4.69) is 16.0 Å². The lowest BCUT2D eigenvalue weighted by molar-refractivity contribution is 0.0581. The molecule has 2 aromatic rings. The summed E-state index contributed by atoms with van der Waals surface area (Å²) in [6.45, 7) is 6.40. The fourth-order valence-corrected chi connectivity index (χ4v) is 5.35. The molecule has 0 saturated carbocycles. The van der Waals surface area contributed by atoms with E-state index in [0.29, 0.717) is 39.1 Å². The van der Waals surface area contributed by atoms with Gasteiger partial charge in [0, 0.05) is 14.2 Å². The Kier molecular flexibility index (Phi) is 14.2. The number of nitrogens with zero attached hydrogens (tertiary/aromatic N) is 1. The third kappa shape index (κ3) is 11.8. The second-order valence-electron chi connectivity index (χ2n) is 11.2. The lowest BCUT2D eigenvalue weighted by Gasteiger charge is -2.42. The molecule has 43 heavy (non-hydrogen) atoms. The third-order valence-electron chi connectivity index (χ3n) is 7.85. The zero-order valence-electron chi connectivity index (χ0n) is 25.7. The SMILES string of the molecule is COCC1(NC(=O)OCc2ccccc2)CCN(B(C)O)CC1.COCC1(NC(=O)OCc2ccccc2)CCNCC1. The van der Waals surface area contributed by atoms with Crippen LogP contribution >= 0.6 is 0 Å². The molecule has 0 spiro atoms. The predicted octanol–water partition coefficient (Wildman–Crippen LogP) is 3.19. The second-order valence-corrected chi connectivity index (χ2v) is 11.2. The highest BCUT2D eigenvalue weighted by Gasteiger charge is 2.38. The van der Waals surface area contributed by atoms with Gasteiger partial charge >= 0.3 is 19.2 Å². The van der Waals surface area contributed by atoms with Crippen LogP contribution in [0.2, 0.25) is 6.82 Å². The van der Waals surface area contributed by atoms with E-state index in [-0.39, 0.29) is 24.8 Å². The molecule has 0 aromatic heterocycles. The summed E-state index contributed by atoms with van der Waals surface area (Å²) in [5.41, 5.74) is 1.18. The fourth-order valence-electron chi connectivity index (χ4n) is 5.35. The molecule has 236 valence electrons. The average Bonchev–Trinajstić information content (AvgIpc) is 3.01. The summed E-state index contributed by atoms with van der Waals surface area (Å²) in [7, 11) is 2.81. The summed E-state index contributed by atoms with van der Waals surface area (Å²) < 4.78 is 21.1. The molecule has 11 nitrogen and oxygen atoms in total. The highest BCUT2D eigenvalue weighted by Crippen LogP contribution is 2.24. The molecule has 2 aliphatic heterocycles. The van der Waals surface area contributed by atoms with Crippen LogP contribution in [0.3, 0.4) is 0 Å². The maximum absolute atomic E-state index is 12.1. The largest absolute Gasteiger partial charge is 0.445 e. The van der Waals surface area contributed by atoms with Crippen molar-refractivity contribution in [2.75, 3.05) is 53.6 Å². The molecule has 0 unspecified atom stereocenters. The van der Waals surface area contributed by atoms with Crippen molar-refractivity contribution in [3.05, 3.63) is 71.8 Å². The van der Waals surface area contributed by atoms with E-state index in [1.807, 2.05) is 65.5 Å². The Bertz CT molecular complexity index is 1070. The van der Waals surface area contributed by atoms with Crippen LogP contribution in [0.25, 0.3) is 0 Å². The molecule has 2 fully saturated rings. The summed E-state index contributed by atoms with van der Waals surface area (Å²) in [5.74, 6) is 0. The Morgan fingerprint density at radius 3 is 1.60 bits per heavy atom. The minimum Gasteiger partial charge on any atom is -0.445 e. The van der Waals surface area contributed by atoms with Gasteiger partial charge in [-0.15, -0.1) is 0 Å². The number of alkyl carbamates (subject to hydrolysis) is 2. The molecule has 4 N–H and O–H groups in total. The normalized spacial score (nSPS) is 17.5. The van der Waals surface area contributed by atoms with Crippen LogP contribution in [0.1, 0.15) is 36.8 Å². The highest BCUT2D eigenvalue weighted by atomic mass is 16.6. The Labute approximate surface area is 255 Å². The Balaban J connectivity index is 0.000000238. The smallest absolute Gasteiger partial charge is 0.407 e. The molecule has 2 aromatic carbocycles. The monoisotopic (exact) mass is 598 g/mol. The van der Waals surface area contributed by atoms with Crippen LogP contribution in [-0.4, -0.2) is 93.8 Å². The summed E-state index contributed by atoms with van der Waals surface area (Å²) in [6.07, 6.45) is 2.31. The molecule has 2 heterocycles. The van der Waals surface area contributed by atoms with Gasteiger partial charge in [0.15, 0.2) is 0 Å². The van der Waals surface area contributed by atoms with Gasteiger partial charge in [0.25, 0.3) is 0 Å². The van der Waals surface area contributed by atoms with Gasteiger partial charge in [0.05, 0.1) is 24.3 Å². The molecule has 0 atom stereocenters. The van der Waals surface area contributed by atoms with Gasteiger partial charge in [0.2, 0.25) is 0 Å². The van der Waals surface area contributed by atoms with Crippen molar-refractivity contribution in [3.8, 4) is 0 Å². The van der Waals surface area contributed by atoms with Crippen LogP contribution in [-0.2, 0) is 32.2 Å². The predicted molar refractivity (Wildman–Crippen MR) is 165 cm³/mol. The number of ether oxygens (including phenoxy) is 4. The first-order valence-electron chi connectivity index (χ1n) is 14.9. The fraction of sp³-hybridized carbons (Fsp3) is 0.548. The molecule has 0 radical (unpaired) electrons. The Morgan fingerprint density at radius 2 is 1.21 bits per heavy atom. The van der Waals surface area contributed by atoms with Crippen molar-refractivity contribution in [1.29, 1.82) is 0 Å². The Hall–Kier alpha value is -3.16. The first-order chi connectivity index (χ1) is 20.8. The number of piperidine rings is 2. The molecular formula is C31H47BN4O7. The van der Waals surface area contributed by atoms with Gasteiger partial charge in [0.1, 0.15) is 13.2 Å². The zero-order valence-corrected chi connectivity index (χ0v) is 25.7. The molecule has 0 bridgehead atoms. The number of rotatable bonds is 11. The second kappa shape index (κ2) is 17.8. The number of carbonyl (C=O) groups is 2. The summed E-state index contributed by atoms with van der Waals surface area (Å²) in [5, 5.41) is 18.9. The standard InChI is InChI=1S/C16H25BN2O4.C15H22N2O3/c1-17(21)19-10-8-16(9-11-19,13-22-2)18-15(20)23-12-14-6-4-3-5-7-14;1-19-12-15(7-9-16-10-8-15)17-14(18)20-11-13-5-3-2-4-6-13/h3-7,21H,8-13H2,1-2H3,(H,18,20);2-6,16H,7-12H2,1H3,(H,17,18). The van der Waals surface area contributed by atoms with Crippen molar-refractivity contribution in [2.45, 2.75) is 56.8 Å². The first kappa shape index (κ1) is 34.3. The molecule has 4 rings (SSSR count). The van der Waals surface area contributed by atoms with E-state index in [4.69, 9.17) is 18.9 Å². The minimum absolute atomic E-state index is 0.246. The zero-order chi connectivity index (χ0) is 31.0. The van der Waals surface area contributed by atoms with Crippen LogP contribution < -0.4 is 16.0 Å². The van der Waals surface area contributed by atoms with E-state index in [0.717, 1.165) is 37.1 Å². The number of amides is 2. The number of benzene rings is 2. The van der Waals surface area contributed by atoms with E-state index in [1.54, 1.807) is 21.0 Å². The van der Waals surface area contributed by atoms with Gasteiger partial charge in [-0.1, -0.05) is 60.7 Å². The van der Waals surface area contributed by atoms with Crippen LogP contribution in [0.5, 0.6) is 0 Å². The summed E-state index contributed by atoms with van der Waals surface area (Å²) >= 11 is 0. The van der Waals surface area contributed by atoms with Crippen LogP contribution in [0.15, 0.2) is 60.7 Å². The van der Waals surface area contributed by atoms with Crippen LogP contribution in [0, 0.1) is 0 Å². The van der Waals surface area contributed by atoms with Gasteiger partial charge in [-0.3, -0.25) is 0 Å². The summed E-state index contributed by atoms with van der Waals surface area (Å²) in [6, 6.07) is 19.2. The molecule has 0 aliphatic carbocycles. The van der Waals surface area contributed by atoms with Crippen LogP contribution in [0.4, 0.5) is 9.59 Å². The molecule has 2 saturated heterocycles. The van der Waals surface area contributed by atoms with Crippen molar-refractivity contribution < 1.29 is 33.6 Å². The molecule has 12 heteroatoms. The molecule has 2 aliphatic rings. The minimum atomic E-state index is -0.472. The lowest BCUT2D eigenvalue weighted by atomic mass is 9.78. The lowest BCUT2D eigenvalue weighted by Crippen LogP contribution is -2.59. The van der Waals surface area contributed by atoms with E-state index < -0.39 is 18.7 Å². The first-order valence-corrected chi connectivity index (χ1v) is 14.9. The van der Waals surface area contributed by atoms with Crippen molar-refractivity contribution in [2.24, 2.45) is 0 Å². The third-order valence-corrected chi connectivity index (χ3v) is 7.85. The number of hydrogen-bond donors (Lipinski definition) is 4. The highest BCUT2D eigenvalue weighted by molar-refractivity contribution is 6.45. The Morgan fingerprint density at radius 1 is 0.791 bits per heavy atom. The maximum Gasteiger partial charge on any atom is 0.407 e. The van der Waals surface area contributed by atoms with Gasteiger partial charge < -0.3 is 44.7 Å². The number of methoxy groups -OCH3 is 2. The van der Waals surface area contributed by atoms with E-state index in [1.165, 1.54) is 0 Å². The van der Waals surface area contributed by atoms with E-state index in [9.17, 15) is 14.6 Å². The maximum atomic E-state index is 12.1. The number of nitrogens with one attached hydrogen (secondary N) is 3. The number of carbonyl (C=O) groups excluding carboxylic acids is 2. The molecule has 2 amide bonds. The topological polar surface area (TPSA) is 131 Å². The number of hydrogen-bond acceptors (Lipinski definition) is 9. The van der Waals surface area contributed by atoms with Crippen molar-refractivity contribution >= 4 is 19.2 Å². The molecular weight excluding hydrogens is 551 g/mol. The van der Waals surface area contributed by atoms with Gasteiger partial charge in [-0.25, -0.2) is 9.59 Å². The van der Waals surface area contributed by atoms with Crippen molar-refractivity contribution in [1.82, 2.24) is 20.8 Å². The van der Waals surface area contributed by atoms with E-state index >= 15 is 0 Å². The van der Waals surface area contributed by atoms with Crippen molar-refractivity contribution in [3.63, 3.8) is 0 Å². The quantitative estimate of drug-likeness (QED) is 0.288. The van der Waals surface area contributed by atoms with Gasteiger partial charge in [-0.05, 0) is 69.8 Å². The summed E-state index contributed by atoms with van der Waals surface area (Å²) in [4.78, 5) is 26.1. The van der Waals surface area contributed by atoms with Gasteiger partial charge in [-0.2, -0.15) is 0 Å².